The number of carbonyl (C=O) groups excluding carboxylic acids is 1. The van der Waals surface area contributed by atoms with Crippen LogP contribution in [-0.2, 0) is 17.8 Å². The van der Waals surface area contributed by atoms with Gasteiger partial charge in [-0.3, -0.25) is 4.79 Å². The zero-order chi connectivity index (χ0) is 18.3. The SMILES string of the molecule is Cl.N[C@H]1CCC[C@@H](C(=O)N2CCc3oc(-c4cc(F)cc(F)c4)nc3C2)C1. The van der Waals surface area contributed by atoms with Crippen LogP contribution in [0.2, 0.25) is 0 Å². The molecule has 1 fully saturated rings. The number of carbonyl (C=O) groups is 1. The maximum atomic E-state index is 13.4. The second-order valence-corrected chi connectivity index (χ2v) is 7.18. The van der Waals surface area contributed by atoms with Crippen LogP contribution in [0.1, 0.15) is 37.1 Å². The second-order valence-electron chi connectivity index (χ2n) is 7.18. The lowest BCUT2D eigenvalue weighted by Gasteiger charge is -2.32. The van der Waals surface area contributed by atoms with E-state index in [0.29, 0.717) is 31.0 Å². The van der Waals surface area contributed by atoms with E-state index in [9.17, 15) is 13.6 Å². The number of benzene rings is 1. The molecule has 0 spiro atoms. The number of hydrogen-bond acceptors (Lipinski definition) is 4. The number of nitrogens with two attached hydrogens (primary N) is 1. The summed E-state index contributed by atoms with van der Waals surface area (Å²) in [5.74, 6) is -0.407. The highest BCUT2D eigenvalue weighted by Gasteiger charge is 2.32. The molecule has 0 radical (unpaired) electrons. The van der Waals surface area contributed by atoms with Gasteiger partial charge in [0.05, 0.1) is 6.54 Å². The van der Waals surface area contributed by atoms with Gasteiger partial charge >= 0.3 is 0 Å². The van der Waals surface area contributed by atoms with Crippen molar-refractivity contribution in [2.45, 2.75) is 44.7 Å². The molecule has 4 rings (SSSR count). The molecule has 1 aliphatic carbocycles. The molecule has 2 aliphatic rings. The Morgan fingerprint density at radius 3 is 2.67 bits per heavy atom. The van der Waals surface area contributed by atoms with E-state index in [4.69, 9.17) is 10.2 Å². The van der Waals surface area contributed by atoms with Gasteiger partial charge in [-0.15, -0.1) is 12.4 Å². The van der Waals surface area contributed by atoms with E-state index in [2.05, 4.69) is 4.98 Å². The Morgan fingerprint density at radius 2 is 1.96 bits per heavy atom. The minimum atomic E-state index is -0.679. The molecule has 0 bridgehead atoms. The van der Waals surface area contributed by atoms with Crippen LogP contribution in [0.15, 0.2) is 22.6 Å². The van der Waals surface area contributed by atoms with E-state index >= 15 is 0 Å². The molecule has 1 amide bonds. The van der Waals surface area contributed by atoms with Crippen LogP contribution in [-0.4, -0.2) is 28.4 Å². The number of halogens is 3. The molecule has 27 heavy (non-hydrogen) atoms. The van der Waals surface area contributed by atoms with Crippen LogP contribution in [0.5, 0.6) is 0 Å². The topological polar surface area (TPSA) is 72.4 Å². The summed E-state index contributed by atoms with van der Waals surface area (Å²) in [6, 6.07) is 3.28. The number of amides is 1. The highest BCUT2D eigenvalue weighted by atomic mass is 35.5. The molecule has 2 heterocycles. The Morgan fingerprint density at radius 1 is 1.22 bits per heavy atom. The second kappa shape index (κ2) is 7.94. The third kappa shape index (κ3) is 4.14. The van der Waals surface area contributed by atoms with Gasteiger partial charge in [0.1, 0.15) is 23.1 Å². The summed E-state index contributed by atoms with van der Waals surface area (Å²) >= 11 is 0. The molecule has 2 aromatic rings. The van der Waals surface area contributed by atoms with Gasteiger partial charge in [0.2, 0.25) is 11.8 Å². The Labute approximate surface area is 162 Å². The molecule has 1 aromatic heterocycles. The summed E-state index contributed by atoms with van der Waals surface area (Å²) in [6.45, 7) is 0.922. The summed E-state index contributed by atoms with van der Waals surface area (Å²) in [5, 5.41) is 0. The lowest BCUT2D eigenvalue weighted by molar-refractivity contribution is -0.137. The predicted octanol–water partition coefficient (Wildman–Crippen LogP) is 3.44. The van der Waals surface area contributed by atoms with Gasteiger partial charge in [-0.05, 0) is 31.4 Å². The first kappa shape index (κ1) is 19.8. The van der Waals surface area contributed by atoms with Crippen molar-refractivity contribution in [3.63, 3.8) is 0 Å². The lowest BCUT2D eigenvalue weighted by Crippen LogP contribution is -2.42. The molecule has 2 N–H and O–H groups in total. The van der Waals surface area contributed by atoms with E-state index in [1.165, 1.54) is 12.1 Å². The fraction of sp³-hybridized carbons (Fsp3) is 0.474. The van der Waals surface area contributed by atoms with Crippen LogP contribution in [0.25, 0.3) is 11.5 Å². The molecular weight excluding hydrogens is 376 g/mol. The van der Waals surface area contributed by atoms with E-state index in [-0.39, 0.29) is 41.7 Å². The Kier molecular flexibility index (Phi) is 5.81. The van der Waals surface area contributed by atoms with Crippen LogP contribution < -0.4 is 5.73 Å². The van der Waals surface area contributed by atoms with Gasteiger partial charge in [-0.1, -0.05) is 6.42 Å². The first-order chi connectivity index (χ1) is 12.5. The number of aromatic nitrogens is 1. The van der Waals surface area contributed by atoms with Crippen molar-refractivity contribution < 1.29 is 18.0 Å². The van der Waals surface area contributed by atoms with Crippen molar-refractivity contribution in [1.82, 2.24) is 9.88 Å². The standard InChI is InChI=1S/C19H21F2N3O2.ClH/c20-13-6-12(7-14(21)9-13)18-23-16-10-24(5-4-17(16)26-18)19(25)11-2-1-3-15(22)8-11;/h6-7,9,11,15H,1-5,8,10,22H2;1H/t11-,15+;/m1./s1. The van der Waals surface area contributed by atoms with Crippen molar-refractivity contribution in [1.29, 1.82) is 0 Å². The third-order valence-electron chi connectivity index (χ3n) is 5.21. The zero-order valence-corrected chi connectivity index (χ0v) is 15.6. The fourth-order valence-electron chi connectivity index (χ4n) is 3.90. The molecule has 8 heteroatoms. The van der Waals surface area contributed by atoms with Gasteiger partial charge in [-0.25, -0.2) is 13.8 Å². The minimum Gasteiger partial charge on any atom is -0.441 e. The maximum Gasteiger partial charge on any atom is 0.226 e. The van der Waals surface area contributed by atoms with Crippen molar-refractivity contribution in [2.75, 3.05) is 6.54 Å². The van der Waals surface area contributed by atoms with Crippen molar-refractivity contribution in [2.24, 2.45) is 11.7 Å². The number of hydrogen-bond donors (Lipinski definition) is 1. The van der Waals surface area contributed by atoms with E-state index in [1.807, 2.05) is 0 Å². The monoisotopic (exact) mass is 397 g/mol. The smallest absolute Gasteiger partial charge is 0.226 e. The predicted molar refractivity (Wildman–Crippen MR) is 98.2 cm³/mol. The highest BCUT2D eigenvalue weighted by molar-refractivity contribution is 5.85. The van der Waals surface area contributed by atoms with Gasteiger partial charge in [0.15, 0.2) is 0 Å². The normalized spacial score (nSPS) is 22.1. The van der Waals surface area contributed by atoms with Crippen molar-refractivity contribution in [3.05, 3.63) is 41.3 Å². The van der Waals surface area contributed by atoms with E-state index in [1.54, 1.807) is 4.90 Å². The van der Waals surface area contributed by atoms with Gasteiger partial charge in [0, 0.05) is 36.6 Å². The van der Waals surface area contributed by atoms with Gasteiger partial charge in [0.25, 0.3) is 0 Å². The van der Waals surface area contributed by atoms with Crippen LogP contribution in [0, 0.1) is 17.6 Å². The molecular formula is C19H22ClF2N3O2. The maximum absolute atomic E-state index is 13.4. The van der Waals surface area contributed by atoms with E-state index in [0.717, 1.165) is 31.7 Å². The molecule has 0 saturated heterocycles. The van der Waals surface area contributed by atoms with Crippen LogP contribution in [0.4, 0.5) is 8.78 Å². The molecule has 2 atom stereocenters. The summed E-state index contributed by atoms with van der Waals surface area (Å²) in [7, 11) is 0. The Hall–Kier alpha value is -1.99. The largest absolute Gasteiger partial charge is 0.441 e. The van der Waals surface area contributed by atoms with Crippen molar-refractivity contribution in [3.8, 4) is 11.5 Å². The number of fused-ring (bicyclic) bond motifs is 1. The third-order valence-corrected chi connectivity index (χ3v) is 5.21. The summed E-state index contributed by atoms with van der Waals surface area (Å²) < 4.78 is 32.6. The van der Waals surface area contributed by atoms with Crippen LogP contribution in [0.3, 0.4) is 0 Å². The molecule has 1 aliphatic heterocycles. The van der Waals surface area contributed by atoms with E-state index < -0.39 is 11.6 Å². The quantitative estimate of drug-likeness (QED) is 0.842. The summed E-state index contributed by atoms with van der Waals surface area (Å²) in [4.78, 5) is 19.0. The highest BCUT2D eigenvalue weighted by Crippen LogP contribution is 2.30. The average Bonchev–Trinajstić information content (AvgIpc) is 3.03. The molecule has 5 nitrogen and oxygen atoms in total. The molecule has 1 saturated carbocycles. The lowest BCUT2D eigenvalue weighted by atomic mass is 9.85. The first-order valence-electron chi connectivity index (χ1n) is 8.99. The Bertz CT molecular complexity index is 822. The molecule has 1 aromatic carbocycles. The average molecular weight is 398 g/mol. The fourth-order valence-corrected chi connectivity index (χ4v) is 3.90. The zero-order valence-electron chi connectivity index (χ0n) is 14.8. The molecule has 0 unspecified atom stereocenters. The summed E-state index contributed by atoms with van der Waals surface area (Å²) in [6.07, 6.45) is 4.11. The Balaban J connectivity index is 0.00000210. The first-order valence-corrected chi connectivity index (χ1v) is 8.99. The number of nitrogens with zero attached hydrogens (tertiary/aromatic N) is 2. The molecule has 146 valence electrons. The van der Waals surface area contributed by atoms with Crippen LogP contribution >= 0.6 is 12.4 Å². The number of oxazole rings is 1. The number of rotatable bonds is 2. The van der Waals surface area contributed by atoms with Gasteiger partial charge in [-0.2, -0.15) is 0 Å². The van der Waals surface area contributed by atoms with Crippen molar-refractivity contribution >= 4 is 18.3 Å². The summed E-state index contributed by atoms with van der Waals surface area (Å²) in [5.41, 5.74) is 6.92. The minimum absolute atomic E-state index is 0. The van der Waals surface area contributed by atoms with Gasteiger partial charge < -0.3 is 15.1 Å².